The van der Waals surface area contributed by atoms with Gasteiger partial charge in [0.25, 0.3) is 11.5 Å². The van der Waals surface area contributed by atoms with Crippen LogP contribution in [0.25, 0.3) is 10.9 Å². The molecule has 0 spiro atoms. The molecule has 2 aromatic carbocycles. The Kier molecular flexibility index (Phi) is 4.96. The zero-order chi connectivity index (χ0) is 20.4. The number of anilines is 1. The number of rotatable bonds is 4. The van der Waals surface area contributed by atoms with Crippen LogP contribution in [0.2, 0.25) is 0 Å². The number of hydrogen-bond acceptors (Lipinski definition) is 3. The number of pyridine rings is 2. The smallest absolute Gasteiger partial charge is 0.263 e. The minimum absolute atomic E-state index is 0.111. The lowest BCUT2D eigenvalue weighted by Gasteiger charge is -2.12. The lowest BCUT2D eigenvalue weighted by molar-refractivity contribution is 0.102. The van der Waals surface area contributed by atoms with Crippen molar-refractivity contribution < 1.29 is 4.79 Å². The number of benzene rings is 2. The summed E-state index contributed by atoms with van der Waals surface area (Å²) in [4.78, 5) is 30.3. The molecule has 5 heteroatoms. The van der Waals surface area contributed by atoms with Gasteiger partial charge in [-0.2, -0.15) is 0 Å². The predicted molar refractivity (Wildman–Crippen MR) is 115 cm³/mol. The molecule has 4 rings (SSSR count). The molecule has 0 aliphatic carbocycles. The molecule has 0 aliphatic heterocycles. The Morgan fingerprint density at radius 1 is 1.00 bits per heavy atom. The number of amides is 1. The summed E-state index contributed by atoms with van der Waals surface area (Å²) in [5.74, 6) is -0.426. The van der Waals surface area contributed by atoms with Crippen molar-refractivity contribution in [1.82, 2.24) is 9.55 Å². The van der Waals surface area contributed by atoms with Gasteiger partial charge in [0.05, 0.1) is 17.7 Å². The molecular formula is C24H21N3O2. The third kappa shape index (κ3) is 3.80. The summed E-state index contributed by atoms with van der Waals surface area (Å²) < 4.78 is 1.56. The number of fused-ring (bicyclic) bond motifs is 1. The first kappa shape index (κ1) is 18.6. The van der Waals surface area contributed by atoms with Crippen molar-refractivity contribution in [2.45, 2.75) is 20.4 Å². The van der Waals surface area contributed by atoms with Crippen molar-refractivity contribution >= 4 is 22.5 Å². The number of para-hydroxylation sites is 1. The van der Waals surface area contributed by atoms with Crippen LogP contribution in [0, 0.1) is 13.8 Å². The first-order chi connectivity index (χ1) is 14.0. The molecule has 0 radical (unpaired) electrons. The van der Waals surface area contributed by atoms with Crippen molar-refractivity contribution in [3.05, 3.63) is 106 Å². The van der Waals surface area contributed by atoms with E-state index < -0.39 is 5.91 Å². The molecule has 0 fully saturated rings. The van der Waals surface area contributed by atoms with Crippen LogP contribution in [0.1, 0.15) is 27.2 Å². The molecule has 144 valence electrons. The Morgan fingerprint density at radius 3 is 2.59 bits per heavy atom. The SMILES string of the molecule is Cc1cc(NC(=O)c2cccn(Cc3ccccc3C)c2=O)c2ccccc2n1. The standard InChI is InChI=1S/C24H21N3O2/c1-16-8-3-4-9-18(16)15-27-13-7-11-20(24(27)29)23(28)26-22-14-17(2)25-21-12-6-5-10-19(21)22/h3-14H,15H2,1-2H3,(H,25,26,28). The van der Waals surface area contributed by atoms with E-state index in [1.54, 1.807) is 22.9 Å². The van der Waals surface area contributed by atoms with E-state index in [1.807, 2.05) is 68.4 Å². The number of carbonyl (C=O) groups is 1. The Morgan fingerprint density at radius 2 is 1.76 bits per heavy atom. The molecule has 2 aromatic heterocycles. The third-order valence-electron chi connectivity index (χ3n) is 4.96. The van der Waals surface area contributed by atoms with E-state index in [0.29, 0.717) is 12.2 Å². The summed E-state index contributed by atoms with van der Waals surface area (Å²) in [6.07, 6.45) is 1.71. The molecule has 0 bridgehead atoms. The summed E-state index contributed by atoms with van der Waals surface area (Å²) in [6.45, 7) is 4.30. The van der Waals surface area contributed by atoms with E-state index in [9.17, 15) is 9.59 Å². The molecule has 0 atom stereocenters. The van der Waals surface area contributed by atoms with Crippen LogP contribution in [0.3, 0.4) is 0 Å². The molecule has 1 amide bonds. The average Bonchev–Trinajstić information content (AvgIpc) is 2.71. The molecule has 5 nitrogen and oxygen atoms in total. The van der Waals surface area contributed by atoms with Crippen LogP contribution < -0.4 is 10.9 Å². The summed E-state index contributed by atoms with van der Waals surface area (Å²) >= 11 is 0. The Bertz CT molecular complexity index is 1270. The lowest BCUT2D eigenvalue weighted by Crippen LogP contribution is -2.29. The number of nitrogens with one attached hydrogen (secondary N) is 1. The zero-order valence-corrected chi connectivity index (χ0v) is 16.3. The fourth-order valence-corrected chi connectivity index (χ4v) is 3.41. The van der Waals surface area contributed by atoms with Crippen LogP contribution in [0.4, 0.5) is 5.69 Å². The summed E-state index contributed by atoms with van der Waals surface area (Å²) in [5.41, 5.74) is 4.18. The lowest BCUT2D eigenvalue weighted by atomic mass is 10.1. The Hall–Kier alpha value is -3.73. The minimum Gasteiger partial charge on any atom is -0.321 e. The van der Waals surface area contributed by atoms with E-state index in [4.69, 9.17) is 0 Å². The van der Waals surface area contributed by atoms with Crippen molar-refractivity contribution in [3.8, 4) is 0 Å². The quantitative estimate of drug-likeness (QED) is 0.571. The van der Waals surface area contributed by atoms with E-state index in [2.05, 4.69) is 10.3 Å². The number of aromatic nitrogens is 2. The topological polar surface area (TPSA) is 64.0 Å². The van der Waals surface area contributed by atoms with E-state index in [1.165, 1.54) is 0 Å². The highest BCUT2D eigenvalue weighted by atomic mass is 16.2. The summed E-state index contributed by atoms with van der Waals surface area (Å²) in [5, 5.41) is 3.73. The Labute approximate surface area is 168 Å². The largest absolute Gasteiger partial charge is 0.321 e. The maximum atomic E-state index is 12.9. The van der Waals surface area contributed by atoms with Crippen LogP contribution in [0.15, 0.2) is 77.7 Å². The summed E-state index contributed by atoms with van der Waals surface area (Å²) in [6, 6.07) is 20.6. The van der Waals surface area contributed by atoms with Gasteiger partial charge in [0.15, 0.2) is 0 Å². The molecule has 2 heterocycles. The van der Waals surface area contributed by atoms with E-state index in [0.717, 1.165) is 27.7 Å². The zero-order valence-electron chi connectivity index (χ0n) is 16.3. The molecule has 0 saturated heterocycles. The van der Waals surface area contributed by atoms with E-state index in [-0.39, 0.29) is 11.1 Å². The summed E-state index contributed by atoms with van der Waals surface area (Å²) in [7, 11) is 0. The van der Waals surface area contributed by atoms with Gasteiger partial charge in [0.2, 0.25) is 0 Å². The van der Waals surface area contributed by atoms with Gasteiger partial charge < -0.3 is 9.88 Å². The van der Waals surface area contributed by atoms with Gasteiger partial charge in [-0.1, -0.05) is 42.5 Å². The number of nitrogens with zero attached hydrogens (tertiary/aromatic N) is 2. The van der Waals surface area contributed by atoms with Gasteiger partial charge in [0, 0.05) is 17.3 Å². The highest BCUT2D eigenvalue weighted by Gasteiger charge is 2.15. The number of aryl methyl sites for hydroxylation is 2. The second-order valence-electron chi connectivity index (χ2n) is 7.06. The number of carbonyl (C=O) groups excluding carboxylic acids is 1. The molecular weight excluding hydrogens is 362 g/mol. The highest BCUT2D eigenvalue weighted by molar-refractivity contribution is 6.08. The van der Waals surface area contributed by atoms with Gasteiger partial charge in [-0.25, -0.2) is 0 Å². The van der Waals surface area contributed by atoms with Crippen molar-refractivity contribution in [3.63, 3.8) is 0 Å². The molecule has 0 aliphatic rings. The van der Waals surface area contributed by atoms with Crippen molar-refractivity contribution in [2.24, 2.45) is 0 Å². The molecule has 4 aromatic rings. The molecule has 1 N–H and O–H groups in total. The third-order valence-corrected chi connectivity index (χ3v) is 4.96. The maximum Gasteiger partial charge on any atom is 0.263 e. The molecule has 0 saturated carbocycles. The van der Waals surface area contributed by atoms with Crippen LogP contribution in [0.5, 0.6) is 0 Å². The normalized spacial score (nSPS) is 10.8. The Balaban J connectivity index is 1.67. The monoisotopic (exact) mass is 383 g/mol. The van der Waals surface area contributed by atoms with Gasteiger partial charge in [-0.3, -0.25) is 14.6 Å². The predicted octanol–water partition coefficient (Wildman–Crippen LogP) is 4.31. The fourth-order valence-electron chi connectivity index (χ4n) is 3.41. The van der Waals surface area contributed by atoms with Crippen molar-refractivity contribution in [2.75, 3.05) is 5.32 Å². The first-order valence-electron chi connectivity index (χ1n) is 9.44. The van der Waals surface area contributed by atoms with Gasteiger partial charge >= 0.3 is 0 Å². The molecule has 29 heavy (non-hydrogen) atoms. The van der Waals surface area contributed by atoms with Crippen LogP contribution >= 0.6 is 0 Å². The second-order valence-corrected chi connectivity index (χ2v) is 7.06. The fraction of sp³-hybridized carbons (Fsp3) is 0.125. The molecule has 0 unspecified atom stereocenters. The van der Waals surface area contributed by atoms with Crippen molar-refractivity contribution in [1.29, 1.82) is 0 Å². The van der Waals surface area contributed by atoms with Crippen LogP contribution in [-0.2, 0) is 6.54 Å². The van der Waals surface area contributed by atoms with Gasteiger partial charge in [-0.05, 0) is 49.2 Å². The first-order valence-corrected chi connectivity index (χ1v) is 9.44. The van der Waals surface area contributed by atoms with Gasteiger partial charge in [-0.15, -0.1) is 0 Å². The average molecular weight is 383 g/mol. The number of hydrogen-bond donors (Lipinski definition) is 1. The van der Waals surface area contributed by atoms with Gasteiger partial charge in [0.1, 0.15) is 5.56 Å². The maximum absolute atomic E-state index is 12.9. The second kappa shape index (κ2) is 7.72. The van der Waals surface area contributed by atoms with E-state index >= 15 is 0 Å². The highest BCUT2D eigenvalue weighted by Crippen LogP contribution is 2.23. The van der Waals surface area contributed by atoms with Crippen LogP contribution in [-0.4, -0.2) is 15.5 Å². The minimum atomic E-state index is -0.426.